The summed E-state index contributed by atoms with van der Waals surface area (Å²) in [5, 5.41) is 6.70. The van der Waals surface area contributed by atoms with Gasteiger partial charge in [0.15, 0.2) is 6.61 Å². The number of methoxy groups -OCH3 is 1. The van der Waals surface area contributed by atoms with Crippen LogP contribution < -0.4 is 10.1 Å². The van der Waals surface area contributed by atoms with E-state index in [-0.39, 0.29) is 18.1 Å². The summed E-state index contributed by atoms with van der Waals surface area (Å²) in [5.41, 5.74) is 0.972. The van der Waals surface area contributed by atoms with Crippen molar-refractivity contribution in [1.82, 2.24) is 15.5 Å². The van der Waals surface area contributed by atoms with Crippen molar-refractivity contribution in [3.63, 3.8) is 0 Å². The SMILES string of the molecule is COc1cccc(-c2noc(COC(=O)C(C)NC(=O)c3ccccc3Cl)n2)c1. The summed E-state index contributed by atoms with van der Waals surface area (Å²) >= 11 is 5.98. The number of carbonyl (C=O) groups is 2. The zero-order valence-electron chi connectivity index (χ0n) is 15.7. The minimum atomic E-state index is -0.889. The standard InChI is InChI=1S/C20H18ClN3O5/c1-12(22-19(25)15-8-3-4-9-16(15)21)20(26)28-11-17-23-18(24-29-17)13-6-5-7-14(10-13)27-2/h3-10,12H,11H2,1-2H3,(H,22,25). The van der Waals surface area contributed by atoms with Crippen LogP contribution in [-0.2, 0) is 16.1 Å². The summed E-state index contributed by atoms with van der Waals surface area (Å²) in [6.45, 7) is 1.29. The lowest BCUT2D eigenvalue weighted by Crippen LogP contribution is -2.39. The smallest absolute Gasteiger partial charge is 0.328 e. The van der Waals surface area contributed by atoms with Crippen molar-refractivity contribution in [1.29, 1.82) is 0 Å². The van der Waals surface area contributed by atoms with Crippen molar-refractivity contribution in [3.8, 4) is 17.1 Å². The first-order valence-corrected chi connectivity index (χ1v) is 9.04. The molecular formula is C20H18ClN3O5. The van der Waals surface area contributed by atoms with Crippen LogP contribution in [-0.4, -0.2) is 35.2 Å². The predicted molar refractivity (Wildman–Crippen MR) is 104 cm³/mol. The molecule has 1 unspecified atom stereocenters. The number of ether oxygens (including phenoxy) is 2. The van der Waals surface area contributed by atoms with Gasteiger partial charge in [-0.15, -0.1) is 0 Å². The van der Waals surface area contributed by atoms with Gasteiger partial charge in [-0.3, -0.25) is 4.79 Å². The molecule has 150 valence electrons. The fourth-order valence-electron chi connectivity index (χ4n) is 2.43. The number of nitrogens with zero attached hydrogens (tertiary/aromatic N) is 2. The lowest BCUT2D eigenvalue weighted by atomic mass is 10.2. The molecule has 0 aliphatic rings. The summed E-state index contributed by atoms with van der Waals surface area (Å²) in [5.74, 6) is 0.00358. The minimum Gasteiger partial charge on any atom is -0.497 e. The van der Waals surface area contributed by atoms with Gasteiger partial charge in [-0.1, -0.05) is 41.0 Å². The first-order valence-electron chi connectivity index (χ1n) is 8.67. The number of benzene rings is 2. The molecule has 0 saturated carbocycles. The number of hydrogen-bond acceptors (Lipinski definition) is 7. The maximum absolute atomic E-state index is 12.2. The van der Waals surface area contributed by atoms with Crippen LogP contribution in [0, 0.1) is 0 Å². The molecule has 9 heteroatoms. The van der Waals surface area contributed by atoms with E-state index in [0.29, 0.717) is 22.2 Å². The van der Waals surface area contributed by atoms with E-state index in [0.717, 1.165) is 0 Å². The minimum absolute atomic E-state index is 0.126. The summed E-state index contributed by atoms with van der Waals surface area (Å²) in [6, 6.07) is 12.8. The third-order valence-corrected chi connectivity index (χ3v) is 4.28. The lowest BCUT2D eigenvalue weighted by molar-refractivity contribution is -0.147. The largest absolute Gasteiger partial charge is 0.497 e. The molecule has 0 radical (unpaired) electrons. The molecule has 0 saturated heterocycles. The summed E-state index contributed by atoms with van der Waals surface area (Å²) in [4.78, 5) is 28.6. The van der Waals surface area contributed by atoms with Crippen molar-refractivity contribution < 1.29 is 23.6 Å². The summed E-state index contributed by atoms with van der Waals surface area (Å²) < 4.78 is 15.4. The number of amides is 1. The molecule has 1 aromatic heterocycles. The Labute approximate surface area is 171 Å². The highest BCUT2D eigenvalue weighted by molar-refractivity contribution is 6.33. The Bertz CT molecular complexity index is 1020. The van der Waals surface area contributed by atoms with Gasteiger partial charge >= 0.3 is 5.97 Å². The topological polar surface area (TPSA) is 104 Å². The number of carbonyl (C=O) groups excluding carboxylic acids is 2. The number of rotatable bonds is 7. The lowest BCUT2D eigenvalue weighted by Gasteiger charge is -2.13. The molecule has 1 amide bonds. The van der Waals surface area contributed by atoms with E-state index in [1.807, 2.05) is 0 Å². The van der Waals surface area contributed by atoms with Gasteiger partial charge in [0.2, 0.25) is 5.82 Å². The number of hydrogen-bond donors (Lipinski definition) is 1. The van der Waals surface area contributed by atoms with Gasteiger partial charge in [0.25, 0.3) is 11.8 Å². The van der Waals surface area contributed by atoms with E-state index in [9.17, 15) is 9.59 Å². The maximum atomic E-state index is 12.2. The first kappa shape index (κ1) is 20.3. The molecule has 0 bridgehead atoms. The molecule has 0 aliphatic heterocycles. The van der Waals surface area contributed by atoms with E-state index in [1.165, 1.54) is 6.92 Å². The third-order valence-electron chi connectivity index (χ3n) is 3.95. The van der Waals surface area contributed by atoms with Crippen LogP contribution in [0.25, 0.3) is 11.4 Å². The molecule has 29 heavy (non-hydrogen) atoms. The molecule has 3 rings (SSSR count). The Kier molecular flexibility index (Phi) is 6.46. The Balaban J connectivity index is 1.56. The maximum Gasteiger partial charge on any atom is 0.328 e. The Hall–Kier alpha value is -3.39. The second kappa shape index (κ2) is 9.20. The number of aromatic nitrogens is 2. The van der Waals surface area contributed by atoms with Crippen molar-refractivity contribution >= 4 is 23.5 Å². The van der Waals surface area contributed by atoms with Crippen LogP contribution in [0.15, 0.2) is 53.1 Å². The average Bonchev–Trinajstić information content (AvgIpc) is 3.21. The van der Waals surface area contributed by atoms with E-state index in [2.05, 4.69) is 15.5 Å². The van der Waals surface area contributed by atoms with Gasteiger partial charge in [-0.2, -0.15) is 4.98 Å². The Morgan fingerprint density at radius 1 is 1.21 bits per heavy atom. The van der Waals surface area contributed by atoms with E-state index in [4.69, 9.17) is 25.6 Å². The highest BCUT2D eigenvalue weighted by Crippen LogP contribution is 2.21. The molecule has 0 fully saturated rings. The average molecular weight is 416 g/mol. The predicted octanol–water partition coefficient (Wildman–Crippen LogP) is 3.26. The fraction of sp³-hybridized carbons (Fsp3) is 0.200. The van der Waals surface area contributed by atoms with Gasteiger partial charge in [0, 0.05) is 5.56 Å². The summed E-state index contributed by atoms with van der Waals surface area (Å²) in [6.07, 6.45) is 0. The van der Waals surface area contributed by atoms with Gasteiger partial charge < -0.3 is 19.3 Å². The molecular weight excluding hydrogens is 398 g/mol. The molecule has 2 aromatic carbocycles. The molecule has 1 heterocycles. The highest BCUT2D eigenvalue weighted by atomic mass is 35.5. The van der Waals surface area contributed by atoms with Gasteiger partial charge in [-0.25, -0.2) is 4.79 Å². The van der Waals surface area contributed by atoms with Crippen LogP contribution in [0.4, 0.5) is 0 Å². The Morgan fingerprint density at radius 2 is 2.00 bits per heavy atom. The van der Waals surface area contributed by atoms with Gasteiger partial charge in [0.05, 0.1) is 17.7 Å². The van der Waals surface area contributed by atoms with Crippen LogP contribution in [0.2, 0.25) is 5.02 Å². The van der Waals surface area contributed by atoms with E-state index >= 15 is 0 Å². The van der Waals surface area contributed by atoms with Gasteiger partial charge in [0.1, 0.15) is 11.8 Å². The molecule has 1 N–H and O–H groups in total. The highest BCUT2D eigenvalue weighted by Gasteiger charge is 2.20. The summed E-state index contributed by atoms with van der Waals surface area (Å²) in [7, 11) is 1.56. The molecule has 0 aliphatic carbocycles. The molecule has 8 nitrogen and oxygen atoms in total. The van der Waals surface area contributed by atoms with Crippen molar-refractivity contribution in [2.45, 2.75) is 19.6 Å². The third kappa shape index (κ3) is 5.11. The second-order valence-electron chi connectivity index (χ2n) is 6.03. The zero-order valence-corrected chi connectivity index (χ0v) is 16.5. The second-order valence-corrected chi connectivity index (χ2v) is 6.43. The van der Waals surface area contributed by atoms with Crippen LogP contribution in [0.3, 0.4) is 0 Å². The Morgan fingerprint density at radius 3 is 2.76 bits per heavy atom. The molecule has 3 aromatic rings. The van der Waals surface area contributed by atoms with E-state index in [1.54, 1.807) is 55.6 Å². The monoisotopic (exact) mass is 415 g/mol. The van der Waals surface area contributed by atoms with Crippen LogP contribution in [0.5, 0.6) is 5.75 Å². The van der Waals surface area contributed by atoms with Crippen molar-refractivity contribution in [2.75, 3.05) is 7.11 Å². The first-order chi connectivity index (χ1) is 14.0. The number of esters is 1. The van der Waals surface area contributed by atoms with Crippen LogP contribution >= 0.6 is 11.6 Å². The zero-order chi connectivity index (χ0) is 20.8. The quantitative estimate of drug-likeness (QED) is 0.590. The van der Waals surface area contributed by atoms with E-state index < -0.39 is 17.9 Å². The van der Waals surface area contributed by atoms with Crippen molar-refractivity contribution in [2.24, 2.45) is 0 Å². The number of halogens is 1. The molecule has 1 atom stereocenters. The fourth-order valence-corrected chi connectivity index (χ4v) is 2.65. The number of nitrogens with one attached hydrogen (secondary N) is 1. The van der Waals surface area contributed by atoms with Crippen LogP contribution in [0.1, 0.15) is 23.2 Å². The normalized spacial score (nSPS) is 11.6. The molecule has 0 spiro atoms. The van der Waals surface area contributed by atoms with Gasteiger partial charge in [-0.05, 0) is 31.2 Å². The van der Waals surface area contributed by atoms with Crippen molar-refractivity contribution in [3.05, 3.63) is 65.0 Å².